The number of benzene rings is 1. The zero-order valence-electron chi connectivity index (χ0n) is 12.5. The van der Waals surface area contributed by atoms with Crippen LogP contribution >= 0.6 is 0 Å². The third-order valence-electron chi connectivity index (χ3n) is 2.71. The van der Waals surface area contributed by atoms with Crippen molar-refractivity contribution in [2.45, 2.75) is 26.8 Å². The maximum Gasteiger partial charge on any atom is 0.407 e. The lowest BCUT2D eigenvalue weighted by molar-refractivity contribution is -0.131. The molecule has 1 unspecified atom stereocenters. The molecular formula is C16H21NO4. The van der Waals surface area contributed by atoms with Gasteiger partial charge < -0.3 is 15.2 Å². The molecule has 1 aromatic carbocycles. The van der Waals surface area contributed by atoms with Gasteiger partial charge in [-0.15, -0.1) is 0 Å². The van der Waals surface area contributed by atoms with E-state index in [0.29, 0.717) is 6.61 Å². The SMILES string of the molecule is CC(C)COC(=O)NC(C)c1cccc(C=CC(=O)O)c1. The molecule has 1 amide bonds. The van der Waals surface area contributed by atoms with E-state index in [4.69, 9.17) is 9.84 Å². The molecule has 0 radical (unpaired) electrons. The van der Waals surface area contributed by atoms with Gasteiger partial charge in [-0.25, -0.2) is 9.59 Å². The maximum absolute atomic E-state index is 11.6. The fourth-order valence-corrected chi connectivity index (χ4v) is 1.64. The van der Waals surface area contributed by atoms with Crippen molar-refractivity contribution < 1.29 is 19.4 Å². The molecule has 0 fully saturated rings. The van der Waals surface area contributed by atoms with E-state index < -0.39 is 12.1 Å². The van der Waals surface area contributed by atoms with E-state index in [-0.39, 0.29) is 12.0 Å². The number of carbonyl (C=O) groups is 2. The number of hydrogen-bond donors (Lipinski definition) is 2. The molecule has 0 aliphatic carbocycles. The summed E-state index contributed by atoms with van der Waals surface area (Å²) in [6.07, 6.45) is 2.13. The summed E-state index contributed by atoms with van der Waals surface area (Å²) in [5.41, 5.74) is 1.64. The standard InChI is InChI=1S/C16H21NO4/c1-11(2)10-21-16(20)17-12(3)14-6-4-5-13(9-14)7-8-15(18)19/h4-9,11-12H,10H2,1-3H3,(H,17,20)(H,18,19). The first-order chi connectivity index (χ1) is 9.88. The second-order valence-corrected chi connectivity index (χ2v) is 5.20. The van der Waals surface area contributed by atoms with E-state index in [0.717, 1.165) is 17.2 Å². The molecule has 0 bridgehead atoms. The molecule has 5 heteroatoms. The minimum Gasteiger partial charge on any atom is -0.478 e. The highest BCUT2D eigenvalue weighted by atomic mass is 16.5. The van der Waals surface area contributed by atoms with Gasteiger partial charge in [0.25, 0.3) is 0 Å². The van der Waals surface area contributed by atoms with Crippen LogP contribution in [0.1, 0.15) is 37.9 Å². The molecule has 2 N–H and O–H groups in total. The topological polar surface area (TPSA) is 75.6 Å². The average molecular weight is 291 g/mol. The number of carbonyl (C=O) groups excluding carboxylic acids is 1. The Kier molecular flexibility index (Phi) is 6.46. The van der Waals surface area contributed by atoms with Crippen LogP contribution in [0.15, 0.2) is 30.3 Å². The van der Waals surface area contributed by atoms with Crippen LogP contribution in [0.2, 0.25) is 0 Å². The van der Waals surface area contributed by atoms with Crippen LogP contribution in [0.4, 0.5) is 4.79 Å². The third-order valence-corrected chi connectivity index (χ3v) is 2.71. The minimum absolute atomic E-state index is 0.220. The zero-order chi connectivity index (χ0) is 15.8. The number of carboxylic acids is 1. The number of amides is 1. The normalized spacial score (nSPS) is 12.4. The van der Waals surface area contributed by atoms with Crippen molar-refractivity contribution in [1.29, 1.82) is 0 Å². The predicted molar refractivity (Wildman–Crippen MR) is 80.8 cm³/mol. The molecular weight excluding hydrogens is 270 g/mol. The first-order valence-corrected chi connectivity index (χ1v) is 6.82. The van der Waals surface area contributed by atoms with Crippen LogP contribution in [0.25, 0.3) is 6.08 Å². The largest absolute Gasteiger partial charge is 0.478 e. The molecule has 1 atom stereocenters. The number of hydrogen-bond acceptors (Lipinski definition) is 3. The summed E-state index contributed by atoms with van der Waals surface area (Å²) in [6.45, 7) is 6.15. The van der Waals surface area contributed by atoms with Crippen molar-refractivity contribution >= 4 is 18.1 Å². The van der Waals surface area contributed by atoms with Gasteiger partial charge in [0.1, 0.15) is 0 Å². The fraction of sp³-hybridized carbons (Fsp3) is 0.375. The monoisotopic (exact) mass is 291 g/mol. The Morgan fingerprint density at radius 1 is 1.33 bits per heavy atom. The molecule has 0 heterocycles. The molecule has 5 nitrogen and oxygen atoms in total. The molecule has 0 aromatic heterocycles. The molecule has 0 aliphatic rings. The van der Waals surface area contributed by atoms with E-state index in [1.165, 1.54) is 6.08 Å². The fourth-order valence-electron chi connectivity index (χ4n) is 1.64. The second kappa shape index (κ2) is 8.09. The molecule has 114 valence electrons. The van der Waals surface area contributed by atoms with E-state index in [9.17, 15) is 9.59 Å². The summed E-state index contributed by atoms with van der Waals surface area (Å²) < 4.78 is 5.06. The number of ether oxygens (including phenoxy) is 1. The van der Waals surface area contributed by atoms with Crippen molar-refractivity contribution in [3.05, 3.63) is 41.5 Å². The summed E-state index contributed by atoms with van der Waals surface area (Å²) in [4.78, 5) is 22.1. The quantitative estimate of drug-likeness (QED) is 0.789. The zero-order valence-corrected chi connectivity index (χ0v) is 12.5. The lowest BCUT2D eigenvalue weighted by atomic mass is 10.1. The van der Waals surface area contributed by atoms with Gasteiger partial charge >= 0.3 is 12.1 Å². The molecule has 0 spiro atoms. The highest BCUT2D eigenvalue weighted by Gasteiger charge is 2.11. The number of alkyl carbamates (subject to hydrolysis) is 1. The summed E-state index contributed by atoms with van der Waals surface area (Å²) in [6, 6.07) is 7.09. The van der Waals surface area contributed by atoms with Crippen molar-refractivity contribution in [2.24, 2.45) is 5.92 Å². The van der Waals surface area contributed by atoms with Crippen LogP contribution in [0.5, 0.6) is 0 Å². The van der Waals surface area contributed by atoms with Gasteiger partial charge in [-0.2, -0.15) is 0 Å². The maximum atomic E-state index is 11.6. The molecule has 1 aromatic rings. The first-order valence-electron chi connectivity index (χ1n) is 6.82. The van der Waals surface area contributed by atoms with Crippen molar-refractivity contribution in [3.63, 3.8) is 0 Å². The van der Waals surface area contributed by atoms with Crippen LogP contribution < -0.4 is 5.32 Å². The van der Waals surface area contributed by atoms with Crippen molar-refractivity contribution in [3.8, 4) is 0 Å². The molecule has 21 heavy (non-hydrogen) atoms. The van der Waals surface area contributed by atoms with Crippen molar-refractivity contribution in [1.82, 2.24) is 5.32 Å². The Hall–Kier alpha value is -2.30. The summed E-state index contributed by atoms with van der Waals surface area (Å²) in [7, 11) is 0. The van der Waals surface area contributed by atoms with Crippen LogP contribution in [0.3, 0.4) is 0 Å². The number of rotatable bonds is 6. The third kappa shape index (κ3) is 6.61. The van der Waals surface area contributed by atoms with Crippen molar-refractivity contribution in [2.75, 3.05) is 6.61 Å². The lowest BCUT2D eigenvalue weighted by Gasteiger charge is -2.15. The Morgan fingerprint density at radius 2 is 2.05 bits per heavy atom. The second-order valence-electron chi connectivity index (χ2n) is 5.20. The first kappa shape index (κ1) is 16.8. The van der Waals surface area contributed by atoms with Crippen LogP contribution in [-0.2, 0) is 9.53 Å². The number of aliphatic carboxylic acids is 1. The lowest BCUT2D eigenvalue weighted by Crippen LogP contribution is -2.28. The highest BCUT2D eigenvalue weighted by molar-refractivity contribution is 5.85. The summed E-state index contributed by atoms with van der Waals surface area (Å²) >= 11 is 0. The smallest absolute Gasteiger partial charge is 0.407 e. The van der Waals surface area contributed by atoms with Crippen LogP contribution in [0, 0.1) is 5.92 Å². The number of carboxylic acid groups (broad SMARTS) is 1. The van der Waals surface area contributed by atoms with E-state index in [1.807, 2.05) is 39.0 Å². The Bertz CT molecular complexity index is 523. The molecule has 1 rings (SSSR count). The Morgan fingerprint density at radius 3 is 2.67 bits per heavy atom. The van der Waals surface area contributed by atoms with Gasteiger partial charge in [-0.3, -0.25) is 0 Å². The number of nitrogens with one attached hydrogen (secondary N) is 1. The van der Waals surface area contributed by atoms with Gasteiger partial charge in [0.2, 0.25) is 0 Å². The van der Waals surface area contributed by atoms with E-state index >= 15 is 0 Å². The van der Waals surface area contributed by atoms with E-state index in [2.05, 4.69) is 5.32 Å². The predicted octanol–water partition coefficient (Wildman–Crippen LogP) is 3.23. The highest BCUT2D eigenvalue weighted by Crippen LogP contribution is 2.15. The van der Waals surface area contributed by atoms with Gasteiger partial charge in [0.15, 0.2) is 0 Å². The minimum atomic E-state index is -0.996. The van der Waals surface area contributed by atoms with E-state index in [1.54, 1.807) is 6.07 Å². The summed E-state index contributed by atoms with van der Waals surface area (Å²) in [5.74, 6) is -0.709. The van der Waals surface area contributed by atoms with Gasteiger partial charge in [-0.1, -0.05) is 32.0 Å². The molecule has 0 saturated carbocycles. The average Bonchev–Trinajstić information content (AvgIpc) is 2.43. The Balaban J connectivity index is 2.65. The van der Waals surface area contributed by atoms with Crippen LogP contribution in [-0.4, -0.2) is 23.8 Å². The Labute approximate surface area is 124 Å². The summed E-state index contributed by atoms with van der Waals surface area (Å²) in [5, 5.41) is 11.4. The van der Waals surface area contributed by atoms with Gasteiger partial charge in [0.05, 0.1) is 12.6 Å². The molecule has 0 aliphatic heterocycles. The van der Waals surface area contributed by atoms with Gasteiger partial charge in [0, 0.05) is 6.08 Å². The van der Waals surface area contributed by atoms with Gasteiger partial charge in [-0.05, 0) is 36.1 Å². The molecule has 0 saturated heterocycles.